The fourth-order valence-corrected chi connectivity index (χ4v) is 2.87. The Balaban J connectivity index is 1.79. The van der Waals surface area contributed by atoms with Gasteiger partial charge < -0.3 is 5.11 Å². The average Bonchev–Trinajstić information content (AvgIpc) is 2.83. The van der Waals surface area contributed by atoms with Crippen molar-refractivity contribution in [2.24, 2.45) is 0 Å². The van der Waals surface area contributed by atoms with Crippen LogP contribution in [-0.2, 0) is 4.79 Å². The summed E-state index contributed by atoms with van der Waals surface area (Å²) >= 11 is 0.739. The summed E-state index contributed by atoms with van der Waals surface area (Å²) in [5.41, 5.74) is 2.97. The van der Waals surface area contributed by atoms with Crippen molar-refractivity contribution in [2.45, 2.75) is 0 Å². The van der Waals surface area contributed by atoms with Crippen molar-refractivity contribution < 1.29 is 19.5 Å². The summed E-state index contributed by atoms with van der Waals surface area (Å²) in [5, 5.41) is 9.71. The fraction of sp³-hybridized carbons (Fsp3) is 0. The molecular weight excluding hydrogens is 328 g/mol. The molecule has 2 aromatic carbocycles. The minimum atomic E-state index is -0.739. The maximum Gasteiger partial charge on any atom is 0.312 e. The first kappa shape index (κ1) is 15.8. The van der Waals surface area contributed by atoms with Crippen LogP contribution in [0.25, 0.3) is 6.08 Å². The van der Waals surface area contributed by atoms with Gasteiger partial charge in [-0.15, -0.1) is 0 Å². The molecule has 0 aromatic heterocycles. The number of thioether (sulfide) groups is 1. The highest BCUT2D eigenvalue weighted by molar-refractivity contribution is 8.18. The van der Waals surface area contributed by atoms with E-state index in [0.717, 1.165) is 17.3 Å². The van der Waals surface area contributed by atoms with Crippen LogP contribution in [0.1, 0.15) is 15.9 Å². The van der Waals surface area contributed by atoms with E-state index in [1.165, 1.54) is 12.1 Å². The lowest BCUT2D eigenvalue weighted by molar-refractivity contribution is -0.124. The van der Waals surface area contributed by atoms with Crippen LogP contribution in [0.2, 0.25) is 0 Å². The van der Waals surface area contributed by atoms with Crippen molar-refractivity contribution >= 4 is 34.9 Å². The molecule has 0 atom stereocenters. The van der Waals surface area contributed by atoms with E-state index in [1.54, 1.807) is 30.3 Å². The van der Waals surface area contributed by atoms with Crippen LogP contribution < -0.4 is 5.43 Å². The van der Waals surface area contributed by atoms with Crippen LogP contribution in [0.3, 0.4) is 0 Å². The molecule has 0 radical (unpaired) electrons. The molecule has 2 N–H and O–H groups in total. The van der Waals surface area contributed by atoms with Crippen LogP contribution in [0.5, 0.6) is 5.75 Å². The maximum atomic E-state index is 12.3. The second-order valence-electron chi connectivity index (χ2n) is 4.89. The van der Waals surface area contributed by atoms with Gasteiger partial charge in [-0.2, -0.15) is 5.01 Å². The number of phenolic OH excluding ortho intramolecular Hbond substituents is 1. The molecular formula is C17H12N2O4S. The van der Waals surface area contributed by atoms with E-state index in [0.29, 0.717) is 5.01 Å². The fourth-order valence-electron chi connectivity index (χ4n) is 2.09. The van der Waals surface area contributed by atoms with E-state index in [4.69, 9.17) is 0 Å². The van der Waals surface area contributed by atoms with E-state index in [1.807, 2.05) is 18.2 Å². The largest absolute Gasteiger partial charge is 0.507 e. The highest BCUT2D eigenvalue weighted by atomic mass is 32.2. The summed E-state index contributed by atoms with van der Waals surface area (Å²) in [6, 6.07) is 14.9. The second kappa shape index (κ2) is 6.59. The number of nitrogens with zero attached hydrogens (tertiary/aromatic N) is 1. The van der Waals surface area contributed by atoms with Gasteiger partial charge in [0.2, 0.25) is 0 Å². The number of hydrazine groups is 1. The first-order valence-electron chi connectivity index (χ1n) is 6.98. The van der Waals surface area contributed by atoms with Gasteiger partial charge in [0.25, 0.3) is 11.8 Å². The van der Waals surface area contributed by atoms with E-state index in [2.05, 4.69) is 5.43 Å². The monoisotopic (exact) mass is 340 g/mol. The number of hydrogen-bond acceptors (Lipinski definition) is 5. The summed E-state index contributed by atoms with van der Waals surface area (Å²) in [6.45, 7) is 0. The molecule has 3 amide bonds. The lowest BCUT2D eigenvalue weighted by atomic mass is 10.2. The Morgan fingerprint density at radius 1 is 1.04 bits per heavy atom. The number of imide groups is 1. The van der Waals surface area contributed by atoms with Gasteiger partial charge in [-0.25, -0.2) is 0 Å². The summed E-state index contributed by atoms with van der Waals surface area (Å²) < 4.78 is 0. The molecule has 0 spiro atoms. The number of benzene rings is 2. The van der Waals surface area contributed by atoms with Gasteiger partial charge in [0.1, 0.15) is 5.75 Å². The molecule has 0 aliphatic carbocycles. The number of nitrogens with one attached hydrogen (secondary N) is 1. The summed E-state index contributed by atoms with van der Waals surface area (Å²) in [7, 11) is 0. The van der Waals surface area contributed by atoms with Crippen LogP contribution >= 0.6 is 11.8 Å². The molecule has 0 bridgehead atoms. The normalized spacial score (nSPS) is 15.8. The zero-order valence-corrected chi connectivity index (χ0v) is 13.1. The van der Waals surface area contributed by atoms with Gasteiger partial charge in [0.05, 0.1) is 10.5 Å². The van der Waals surface area contributed by atoms with Gasteiger partial charge in [0.15, 0.2) is 0 Å². The number of carbonyl (C=O) groups excluding carboxylic acids is 3. The number of aromatic hydroxyl groups is 1. The van der Waals surface area contributed by atoms with Gasteiger partial charge in [-0.3, -0.25) is 19.8 Å². The number of para-hydroxylation sites is 1. The van der Waals surface area contributed by atoms with Gasteiger partial charge in [-0.1, -0.05) is 42.5 Å². The predicted octanol–water partition coefficient (Wildman–Crippen LogP) is 2.77. The maximum absolute atomic E-state index is 12.3. The van der Waals surface area contributed by atoms with Crippen LogP contribution in [0, 0.1) is 0 Å². The van der Waals surface area contributed by atoms with Crippen LogP contribution in [-0.4, -0.2) is 27.2 Å². The third kappa shape index (κ3) is 3.16. The first-order chi connectivity index (χ1) is 11.6. The third-order valence-electron chi connectivity index (χ3n) is 3.25. The molecule has 24 heavy (non-hydrogen) atoms. The summed E-state index contributed by atoms with van der Waals surface area (Å²) in [6.07, 6.45) is 1.58. The highest BCUT2D eigenvalue weighted by Crippen LogP contribution is 2.31. The molecule has 120 valence electrons. The van der Waals surface area contributed by atoms with E-state index >= 15 is 0 Å². The molecule has 1 aliphatic rings. The lowest BCUT2D eigenvalue weighted by Crippen LogP contribution is -2.44. The van der Waals surface area contributed by atoms with Crippen molar-refractivity contribution in [3.63, 3.8) is 0 Å². The zero-order valence-electron chi connectivity index (χ0n) is 12.3. The Labute approximate surface area is 141 Å². The topological polar surface area (TPSA) is 86.7 Å². The number of phenols is 1. The predicted molar refractivity (Wildman–Crippen MR) is 89.8 cm³/mol. The van der Waals surface area contributed by atoms with Crippen molar-refractivity contribution in [3.8, 4) is 5.75 Å². The molecule has 7 heteroatoms. The van der Waals surface area contributed by atoms with Crippen LogP contribution in [0.15, 0.2) is 59.5 Å². The molecule has 1 fully saturated rings. The Bertz CT molecular complexity index is 849. The molecule has 6 nitrogen and oxygen atoms in total. The zero-order chi connectivity index (χ0) is 17.1. The Morgan fingerprint density at radius 2 is 1.71 bits per heavy atom. The van der Waals surface area contributed by atoms with E-state index < -0.39 is 17.1 Å². The number of amides is 3. The molecule has 1 saturated heterocycles. The summed E-state index contributed by atoms with van der Waals surface area (Å²) in [5.74, 6) is -1.59. The molecule has 3 rings (SSSR count). The Kier molecular flexibility index (Phi) is 4.35. The SMILES string of the molecule is O=C(NN1C(=O)SC(=Cc2ccccc2)C1=O)c1ccccc1O. The first-order valence-corrected chi connectivity index (χ1v) is 7.80. The van der Waals surface area contributed by atoms with Crippen molar-refractivity contribution in [1.82, 2.24) is 10.4 Å². The minimum absolute atomic E-state index is 0.0245. The molecule has 2 aromatic rings. The highest BCUT2D eigenvalue weighted by Gasteiger charge is 2.37. The van der Waals surface area contributed by atoms with E-state index in [9.17, 15) is 19.5 Å². The van der Waals surface area contributed by atoms with Crippen molar-refractivity contribution in [3.05, 3.63) is 70.6 Å². The third-order valence-corrected chi connectivity index (χ3v) is 4.12. The van der Waals surface area contributed by atoms with Crippen LogP contribution in [0.4, 0.5) is 4.79 Å². The standard InChI is InChI=1S/C17H12N2O4S/c20-13-9-5-4-8-12(13)15(21)18-19-16(22)14(24-17(19)23)10-11-6-2-1-3-7-11/h1-10,20H,(H,18,21). The molecule has 0 unspecified atom stereocenters. The van der Waals surface area contributed by atoms with Crippen molar-refractivity contribution in [2.75, 3.05) is 0 Å². The minimum Gasteiger partial charge on any atom is -0.507 e. The van der Waals surface area contributed by atoms with Gasteiger partial charge in [-0.05, 0) is 35.5 Å². The Morgan fingerprint density at radius 3 is 2.42 bits per heavy atom. The summed E-state index contributed by atoms with van der Waals surface area (Å²) in [4.78, 5) is 36.6. The van der Waals surface area contributed by atoms with Gasteiger partial charge >= 0.3 is 5.24 Å². The molecule has 0 saturated carbocycles. The second-order valence-corrected chi connectivity index (χ2v) is 5.88. The number of hydrogen-bond donors (Lipinski definition) is 2. The van der Waals surface area contributed by atoms with Crippen molar-refractivity contribution in [1.29, 1.82) is 0 Å². The lowest BCUT2D eigenvalue weighted by Gasteiger charge is -2.14. The number of carbonyl (C=O) groups is 3. The van der Waals surface area contributed by atoms with E-state index in [-0.39, 0.29) is 16.2 Å². The number of rotatable bonds is 3. The molecule has 1 heterocycles. The average molecular weight is 340 g/mol. The quantitative estimate of drug-likeness (QED) is 0.839. The Hall–Kier alpha value is -3.06. The smallest absolute Gasteiger partial charge is 0.312 e. The van der Waals surface area contributed by atoms with Gasteiger partial charge in [0, 0.05) is 0 Å². The molecule has 1 aliphatic heterocycles.